The zero-order valence-corrected chi connectivity index (χ0v) is 13.4. The molecule has 0 aliphatic carbocycles. The van der Waals surface area contributed by atoms with Crippen molar-refractivity contribution in [2.75, 3.05) is 37.4 Å². The van der Waals surface area contributed by atoms with Crippen LogP contribution in [0.25, 0.3) is 0 Å². The lowest BCUT2D eigenvalue weighted by Gasteiger charge is -2.14. The van der Waals surface area contributed by atoms with Gasteiger partial charge in [0.15, 0.2) is 0 Å². The third kappa shape index (κ3) is 4.91. The molecule has 7 heteroatoms. The van der Waals surface area contributed by atoms with Crippen LogP contribution in [0.5, 0.6) is 0 Å². The number of aryl methyl sites for hydroxylation is 1. The maximum absolute atomic E-state index is 12.8. The molecular weight excluding hydrogens is 297 g/mol. The van der Waals surface area contributed by atoms with Gasteiger partial charge in [-0.15, -0.1) is 0 Å². The molecule has 1 aromatic carbocycles. The lowest BCUT2D eigenvalue weighted by Crippen LogP contribution is -2.29. The molecule has 0 unspecified atom stereocenters. The molecule has 0 bridgehead atoms. The number of hydrogen-bond donors (Lipinski definition) is 2. The molecule has 2 aromatic rings. The second-order valence-corrected chi connectivity index (χ2v) is 5.24. The van der Waals surface area contributed by atoms with Crippen molar-refractivity contribution < 1.29 is 9.18 Å². The number of nitrogens with zero attached hydrogens (tertiary/aromatic N) is 3. The van der Waals surface area contributed by atoms with Crippen molar-refractivity contribution >= 4 is 17.5 Å². The lowest BCUT2D eigenvalue weighted by atomic mass is 10.2. The highest BCUT2D eigenvalue weighted by molar-refractivity contribution is 5.94. The predicted molar refractivity (Wildman–Crippen MR) is 88.3 cm³/mol. The van der Waals surface area contributed by atoms with Gasteiger partial charge in [-0.05, 0) is 31.2 Å². The third-order valence-electron chi connectivity index (χ3n) is 3.11. The molecule has 0 fully saturated rings. The summed E-state index contributed by atoms with van der Waals surface area (Å²) < 4.78 is 12.8. The van der Waals surface area contributed by atoms with E-state index in [9.17, 15) is 9.18 Å². The SMILES string of the molecule is Cc1nc(NCCNC(=O)c2ccc(F)cc2)cc(N(C)C)n1. The van der Waals surface area contributed by atoms with Crippen molar-refractivity contribution in [1.82, 2.24) is 15.3 Å². The van der Waals surface area contributed by atoms with Crippen LogP contribution in [0.1, 0.15) is 16.2 Å². The van der Waals surface area contributed by atoms with Gasteiger partial charge in [0.05, 0.1) is 0 Å². The summed E-state index contributed by atoms with van der Waals surface area (Å²) in [5.74, 6) is 1.60. The summed E-state index contributed by atoms with van der Waals surface area (Å²) in [6.45, 7) is 2.78. The Morgan fingerprint density at radius 3 is 2.52 bits per heavy atom. The van der Waals surface area contributed by atoms with Crippen molar-refractivity contribution in [3.8, 4) is 0 Å². The topological polar surface area (TPSA) is 70.2 Å². The minimum Gasteiger partial charge on any atom is -0.368 e. The first-order chi connectivity index (χ1) is 11.0. The Balaban J connectivity index is 1.83. The highest BCUT2D eigenvalue weighted by Crippen LogP contribution is 2.12. The van der Waals surface area contributed by atoms with E-state index in [1.807, 2.05) is 32.0 Å². The number of aromatic nitrogens is 2. The monoisotopic (exact) mass is 317 g/mol. The van der Waals surface area contributed by atoms with Crippen LogP contribution in [0.2, 0.25) is 0 Å². The molecule has 2 rings (SSSR count). The van der Waals surface area contributed by atoms with Gasteiger partial charge in [-0.3, -0.25) is 4.79 Å². The van der Waals surface area contributed by atoms with E-state index in [-0.39, 0.29) is 11.7 Å². The molecular formula is C16H20FN5O. The Morgan fingerprint density at radius 1 is 1.17 bits per heavy atom. The maximum atomic E-state index is 12.8. The fraction of sp³-hybridized carbons (Fsp3) is 0.312. The third-order valence-corrected chi connectivity index (χ3v) is 3.11. The number of nitrogens with one attached hydrogen (secondary N) is 2. The van der Waals surface area contributed by atoms with Crippen LogP contribution < -0.4 is 15.5 Å². The van der Waals surface area contributed by atoms with Gasteiger partial charge in [-0.1, -0.05) is 0 Å². The normalized spacial score (nSPS) is 10.3. The smallest absolute Gasteiger partial charge is 0.251 e. The summed E-state index contributed by atoms with van der Waals surface area (Å²) in [6.07, 6.45) is 0. The molecule has 0 aliphatic heterocycles. The van der Waals surface area contributed by atoms with Gasteiger partial charge in [-0.2, -0.15) is 0 Å². The summed E-state index contributed by atoms with van der Waals surface area (Å²) in [6, 6.07) is 7.28. The highest BCUT2D eigenvalue weighted by Gasteiger charge is 2.06. The quantitative estimate of drug-likeness (QED) is 0.796. The minimum absolute atomic E-state index is 0.236. The predicted octanol–water partition coefficient (Wildman–Crippen LogP) is 1.83. The van der Waals surface area contributed by atoms with E-state index < -0.39 is 0 Å². The van der Waals surface area contributed by atoms with Crippen LogP contribution in [0, 0.1) is 12.7 Å². The summed E-state index contributed by atoms with van der Waals surface area (Å²) in [7, 11) is 3.82. The van der Waals surface area contributed by atoms with Crippen molar-refractivity contribution in [3.05, 3.63) is 47.5 Å². The molecule has 0 saturated carbocycles. The average Bonchev–Trinajstić information content (AvgIpc) is 2.51. The van der Waals surface area contributed by atoms with Crippen molar-refractivity contribution in [2.45, 2.75) is 6.92 Å². The van der Waals surface area contributed by atoms with Gasteiger partial charge < -0.3 is 15.5 Å². The molecule has 122 valence electrons. The van der Waals surface area contributed by atoms with E-state index in [1.165, 1.54) is 24.3 Å². The van der Waals surface area contributed by atoms with E-state index >= 15 is 0 Å². The number of carbonyl (C=O) groups is 1. The summed E-state index contributed by atoms with van der Waals surface area (Å²) >= 11 is 0. The molecule has 1 amide bonds. The van der Waals surface area contributed by atoms with Crippen LogP contribution in [0.4, 0.5) is 16.0 Å². The van der Waals surface area contributed by atoms with E-state index in [1.54, 1.807) is 0 Å². The second-order valence-electron chi connectivity index (χ2n) is 5.24. The second kappa shape index (κ2) is 7.53. The summed E-state index contributed by atoms with van der Waals surface area (Å²) in [5.41, 5.74) is 0.430. The Morgan fingerprint density at radius 2 is 1.87 bits per heavy atom. The van der Waals surface area contributed by atoms with E-state index in [4.69, 9.17) is 0 Å². The fourth-order valence-electron chi connectivity index (χ4n) is 1.94. The van der Waals surface area contributed by atoms with E-state index in [0.29, 0.717) is 30.3 Å². The standard InChI is InChI=1S/C16H20FN5O/c1-11-20-14(10-15(21-11)22(2)3)18-8-9-19-16(23)12-4-6-13(17)7-5-12/h4-7,10H,8-9H2,1-3H3,(H,19,23)(H,18,20,21). The van der Waals surface area contributed by atoms with Crippen LogP contribution in [0.3, 0.4) is 0 Å². The van der Waals surface area contributed by atoms with Crippen molar-refractivity contribution in [2.24, 2.45) is 0 Å². The number of amides is 1. The number of rotatable bonds is 6. The molecule has 0 saturated heterocycles. The number of halogens is 1. The molecule has 1 aromatic heterocycles. The number of anilines is 2. The number of benzene rings is 1. The average molecular weight is 317 g/mol. The maximum Gasteiger partial charge on any atom is 0.251 e. The van der Waals surface area contributed by atoms with Gasteiger partial charge in [0.2, 0.25) is 0 Å². The Labute approximate surface area is 134 Å². The fourth-order valence-corrected chi connectivity index (χ4v) is 1.94. The van der Waals surface area contributed by atoms with Crippen molar-refractivity contribution in [3.63, 3.8) is 0 Å². The first-order valence-electron chi connectivity index (χ1n) is 7.26. The largest absolute Gasteiger partial charge is 0.368 e. The number of carbonyl (C=O) groups excluding carboxylic acids is 1. The zero-order valence-electron chi connectivity index (χ0n) is 13.4. The van der Waals surface area contributed by atoms with Gasteiger partial charge in [0.25, 0.3) is 5.91 Å². The zero-order chi connectivity index (χ0) is 16.8. The first-order valence-corrected chi connectivity index (χ1v) is 7.26. The molecule has 0 spiro atoms. The molecule has 0 atom stereocenters. The highest BCUT2D eigenvalue weighted by atomic mass is 19.1. The van der Waals surface area contributed by atoms with Crippen LogP contribution in [-0.2, 0) is 0 Å². The molecule has 2 N–H and O–H groups in total. The molecule has 0 radical (unpaired) electrons. The van der Waals surface area contributed by atoms with E-state index in [2.05, 4.69) is 20.6 Å². The van der Waals surface area contributed by atoms with Crippen LogP contribution in [0.15, 0.2) is 30.3 Å². The lowest BCUT2D eigenvalue weighted by molar-refractivity contribution is 0.0955. The molecule has 23 heavy (non-hydrogen) atoms. The van der Waals surface area contributed by atoms with E-state index in [0.717, 1.165) is 5.82 Å². The van der Waals surface area contributed by atoms with Gasteiger partial charge >= 0.3 is 0 Å². The molecule has 1 heterocycles. The Bertz CT molecular complexity index is 673. The van der Waals surface area contributed by atoms with Gasteiger partial charge in [0, 0.05) is 38.8 Å². The number of hydrogen-bond acceptors (Lipinski definition) is 5. The summed E-state index contributed by atoms with van der Waals surface area (Å²) in [5, 5.41) is 5.91. The molecule has 0 aliphatic rings. The Hall–Kier alpha value is -2.70. The van der Waals surface area contributed by atoms with Crippen LogP contribution in [-0.4, -0.2) is 43.1 Å². The van der Waals surface area contributed by atoms with Crippen molar-refractivity contribution in [1.29, 1.82) is 0 Å². The minimum atomic E-state index is -0.362. The Kier molecular flexibility index (Phi) is 5.46. The van der Waals surface area contributed by atoms with Gasteiger partial charge in [-0.25, -0.2) is 14.4 Å². The van der Waals surface area contributed by atoms with Gasteiger partial charge in [0.1, 0.15) is 23.3 Å². The molecule has 6 nitrogen and oxygen atoms in total. The first kappa shape index (κ1) is 16.7. The van der Waals surface area contributed by atoms with Crippen LogP contribution >= 0.6 is 0 Å². The summed E-state index contributed by atoms with van der Waals surface area (Å²) in [4.78, 5) is 22.4.